The van der Waals surface area contributed by atoms with Gasteiger partial charge in [-0.15, -0.1) is 0 Å². The maximum atomic E-state index is 7.03. The van der Waals surface area contributed by atoms with Crippen LogP contribution in [0.1, 0.15) is 74.9 Å². The van der Waals surface area contributed by atoms with Crippen molar-refractivity contribution in [3.05, 3.63) is 246 Å². The smallest absolute Gasteiger partial charge is 0.144 e. The Labute approximate surface area is 457 Å². The molecule has 3 heterocycles. The molecule has 4 nitrogen and oxygen atoms in total. The Balaban J connectivity index is 0.876. The van der Waals surface area contributed by atoms with Crippen LogP contribution in [0.4, 0.5) is 17.1 Å². The lowest BCUT2D eigenvalue weighted by molar-refractivity contribution is 0.600. The van der Waals surface area contributed by atoms with E-state index in [1.807, 2.05) is 6.07 Å². The van der Waals surface area contributed by atoms with E-state index in [0.29, 0.717) is 0 Å². The number of hydrogen-bond acceptors (Lipinski definition) is 4. The summed E-state index contributed by atoms with van der Waals surface area (Å²) in [5, 5.41) is 6.87. The van der Waals surface area contributed by atoms with E-state index < -0.39 is 0 Å². The quantitative estimate of drug-likeness (QED) is 0.172. The van der Waals surface area contributed by atoms with E-state index in [2.05, 4.69) is 253 Å². The van der Waals surface area contributed by atoms with Crippen LogP contribution in [-0.4, -0.2) is 0 Å². The fraction of sp³-hybridized carbons (Fsp3) is 0.120. The molecule has 0 saturated carbocycles. The predicted octanol–water partition coefficient (Wildman–Crippen LogP) is 21.1. The maximum absolute atomic E-state index is 7.03. The molecule has 376 valence electrons. The molecule has 3 aromatic heterocycles. The summed E-state index contributed by atoms with van der Waals surface area (Å²) in [6, 6.07) is 77.6. The average Bonchev–Trinajstić information content (AvgIpc) is 3.05. The number of furan rings is 3. The van der Waals surface area contributed by atoms with Gasteiger partial charge in [0.15, 0.2) is 0 Å². The molecule has 0 radical (unpaired) electrons. The monoisotopic (exact) mass is 1020 g/mol. The molecule has 3 aliphatic rings. The Kier molecular flexibility index (Phi) is 8.73. The fourth-order valence-electron chi connectivity index (χ4n) is 14.9. The molecule has 0 saturated heterocycles. The summed E-state index contributed by atoms with van der Waals surface area (Å²) in [6.07, 6.45) is 0. The molecule has 0 unspecified atom stereocenters. The van der Waals surface area contributed by atoms with Crippen LogP contribution in [0.5, 0.6) is 0 Å². The first-order chi connectivity index (χ1) is 38.4. The van der Waals surface area contributed by atoms with Gasteiger partial charge in [0.2, 0.25) is 0 Å². The predicted molar refractivity (Wildman–Crippen MR) is 327 cm³/mol. The molecule has 11 aromatic carbocycles. The minimum atomic E-state index is -0.370. The molecule has 3 aliphatic carbocycles. The zero-order valence-corrected chi connectivity index (χ0v) is 44.9. The van der Waals surface area contributed by atoms with E-state index in [-0.39, 0.29) is 16.2 Å². The summed E-state index contributed by atoms with van der Waals surface area (Å²) >= 11 is 0. The number of hydrogen-bond donors (Lipinski definition) is 0. The molecule has 0 amide bonds. The van der Waals surface area contributed by atoms with Crippen LogP contribution >= 0.6 is 0 Å². The molecule has 0 fully saturated rings. The fourth-order valence-corrected chi connectivity index (χ4v) is 14.9. The van der Waals surface area contributed by atoms with Crippen LogP contribution in [0, 0.1) is 0 Å². The second kappa shape index (κ2) is 15.4. The molecular formula is C75H53NO3. The van der Waals surface area contributed by atoms with E-state index in [1.165, 1.54) is 88.7 Å². The lowest BCUT2D eigenvalue weighted by Gasteiger charge is -2.32. The summed E-state index contributed by atoms with van der Waals surface area (Å²) in [6.45, 7) is 14.5. The van der Waals surface area contributed by atoms with Crippen LogP contribution in [0.25, 0.3) is 121 Å². The van der Waals surface area contributed by atoms with Crippen LogP contribution in [-0.2, 0) is 16.2 Å². The highest BCUT2D eigenvalue weighted by Crippen LogP contribution is 2.64. The van der Waals surface area contributed by atoms with Gasteiger partial charge in [0.1, 0.15) is 33.5 Å². The van der Waals surface area contributed by atoms with Crippen molar-refractivity contribution in [2.75, 3.05) is 4.90 Å². The maximum Gasteiger partial charge on any atom is 0.144 e. The molecule has 17 rings (SSSR count). The molecule has 0 atom stereocenters. The van der Waals surface area contributed by atoms with E-state index in [4.69, 9.17) is 13.3 Å². The van der Waals surface area contributed by atoms with Crippen molar-refractivity contribution in [3.8, 4) is 55.6 Å². The lowest BCUT2D eigenvalue weighted by atomic mass is 9.72. The highest BCUT2D eigenvalue weighted by molar-refractivity contribution is 6.22. The van der Waals surface area contributed by atoms with Crippen molar-refractivity contribution in [2.24, 2.45) is 0 Å². The Morgan fingerprint density at radius 2 is 0.772 bits per heavy atom. The van der Waals surface area contributed by atoms with Gasteiger partial charge in [-0.1, -0.05) is 187 Å². The van der Waals surface area contributed by atoms with E-state index in [9.17, 15) is 0 Å². The Bertz CT molecular complexity index is 4980. The highest BCUT2D eigenvalue weighted by Gasteiger charge is 2.49. The third-order valence-electron chi connectivity index (χ3n) is 18.6. The topological polar surface area (TPSA) is 42.7 Å². The summed E-state index contributed by atoms with van der Waals surface area (Å²) in [7, 11) is 0. The van der Waals surface area contributed by atoms with Crippen molar-refractivity contribution < 1.29 is 13.3 Å². The Morgan fingerprint density at radius 1 is 0.291 bits per heavy atom. The van der Waals surface area contributed by atoms with Gasteiger partial charge in [-0.2, -0.15) is 0 Å². The zero-order chi connectivity index (χ0) is 52.8. The highest BCUT2D eigenvalue weighted by atomic mass is 16.3. The van der Waals surface area contributed by atoms with Crippen LogP contribution in [0.2, 0.25) is 0 Å². The van der Waals surface area contributed by atoms with Gasteiger partial charge in [-0.3, -0.25) is 0 Å². The largest absolute Gasteiger partial charge is 0.456 e. The van der Waals surface area contributed by atoms with Gasteiger partial charge >= 0.3 is 0 Å². The van der Waals surface area contributed by atoms with Crippen molar-refractivity contribution in [1.82, 2.24) is 0 Å². The average molecular weight is 1020 g/mol. The number of rotatable bonds is 5. The molecule has 0 bridgehead atoms. The lowest BCUT2D eigenvalue weighted by Crippen LogP contribution is -2.24. The van der Waals surface area contributed by atoms with E-state index >= 15 is 0 Å². The van der Waals surface area contributed by atoms with Crippen molar-refractivity contribution in [1.29, 1.82) is 0 Å². The Hall–Kier alpha value is -9.38. The number of para-hydroxylation sites is 3. The van der Waals surface area contributed by atoms with Crippen molar-refractivity contribution in [2.45, 2.75) is 57.8 Å². The van der Waals surface area contributed by atoms with Crippen molar-refractivity contribution in [3.63, 3.8) is 0 Å². The molecule has 0 N–H and O–H groups in total. The van der Waals surface area contributed by atoms with E-state index in [0.717, 1.165) is 83.2 Å². The van der Waals surface area contributed by atoms with Gasteiger partial charge in [0.25, 0.3) is 0 Å². The third-order valence-corrected chi connectivity index (χ3v) is 18.6. The van der Waals surface area contributed by atoms with Gasteiger partial charge in [0, 0.05) is 82.8 Å². The number of anilines is 3. The minimum Gasteiger partial charge on any atom is -0.456 e. The summed E-state index contributed by atoms with van der Waals surface area (Å²) in [5.74, 6) is 0. The molecule has 0 spiro atoms. The standard InChI is InChI=1S/C75H53NO3/c1-73(2)57-38-45(33-36-51(57)64-59(73)41-55(71-66(64)53-22-12-16-26-61(53)78-71)44-30-28-43(29-31-44)42-18-8-7-9-19-42)76(47-32-35-49-48-20-11-15-25-60(48)77-63(49)40-47)46-34-37-52-58(39-46)75(5,6)69-65(52)67-54-23-13-17-27-62(54)79-72(67)68-50-21-10-14-24-56(50)74(3,4)70(68)69/h7-41H,1-6H3. The zero-order valence-electron chi connectivity index (χ0n) is 44.9. The number of nitrogens with zero attached hydrogens (tertiary/aromatic N) is 1. The minimum absolute atomic E-state index is 0.254. The van der Waals surface area contributed by atoms with Crippen LogP contribution in [0.15, 0.2) is 226 Å². The summed E-state index contributed by atoms with van der Waals surface area (Å²) in [4.78, 5) is 2.46. The number of benzene rings is 11. The van der Waals surface area contributed by atoms with Crippen LogP contribution < -0.4 is 4.90 Å². The molecule has 4 heteroatoms. The van der Waals surface area contributed by atoms with Crippen LogP contribution in [0.3, 0.4) is 0 Å². The van der Waals surface area contributed by atoms with Gasteiger partial charge in [-0.25, -0.2) is 0 Å². The van der Waals surface area contributed by atoms with Gasteiger partial charge in [0.05, 0.1) is 0 Å². The van der Waals surface area contributed by atoms with E-state index in [1.54, 1.807) is 0 Å². The van der Waals surface area contributed by atoms with Gasteiger partial charge < -0.3 is 18.2 Å². The first kappa shape index (κ1) is 44.7. The van der Waals surface area contributed by atoms with Crippen molar-refractivity contribution >= 4 is 82.9 Å². The second-order valence-electron chi connectivity index (χ2n) is 23.9. The van der Waals surface area contributed by atoms with Gasteiger partial charge in [-0.05, 0) is 139 Å². The molecule has 0 aliphatic heterocycles. The summed E-state index contributed by atoms with van der Waals surface area (Å²) in [5.41, 5.74) is 27.8. The summed E-state index contributed by atoms with van der Waals surface area (Å²) < 4.78 is 20.6. The first-order valence-electron chi connectivity index (χ1n) is 27.7. The Morgan fingerprint density at radius 3 is 1.48 bits per heavy atom. The molecule has 79 heavy (non-hydrogen) atoms. The number of fused-ring (bicyclic) bond motifs is 22. The SMILES string of the molecule is CC1(C)c2cc(N(c3ccc4c(c3)C(C)(C)c3c5c(c6oc7ccccc7c6c3-4)-c3ccccc3C5(C)C)c3ccc4c(c3)oc3ccccc34)ccc2-c2c1cc(-c1ccc(-c3ccccc3)cc1)c1oc3ccccc3c21. The third kappa shape index (κ3) is 5.88. The first-order valence-corrected chi connectivity index (χ1v) is 27.7. The molecule has 14 aromatic rings. The molecular weight excluding hydrogens is 963 g/mol. The second-order valence-corrected chi connectivity index (χ2v) is 23.9. The normalized spacial score (nSPS) is 15.0.